The SMILES string of the molecule is CC(C)(Sc1ccccc1)C(=O)NC1(CO)CCCC1. The topological polar surface area (TPSA) is 49.3 Å². The summed E-state index contributed by atoms with van der Waals surface area (Å²) in [5, 5.41) is 12.7. The summed E-state index contributed by atoms with van der Waals surface area (Å²) in [6.07, 6.45) is 3.91. The predicted octanol–water partition coefficient (Wildman–Crippen LogP) is 2.98. The van der Waals surface area contributed by atoms with Crippen LogP contribution in [0.15, 0.2) is 35.2 Å². The highest BCUT2D eigenvalue weighted by Gasteiger charge is 2.39. The molecule has 0 atom stereocenters. The molecule has 110 valence electrons. The highest BCUT2D eigenvalue weighted by molar-refractivity contribution is 8.01. The smallest absolute Gasteiger partial charge is 0.236 e. The first-order valence-corrected chi connectivity index (χ1v) is 7.97. The molecule has 4 heteroatoms. The second-order valence-corrected chi connectivity index (χ2v) is 7.72. The number of carbonyl (C=O) groups is 1. The molecule has 0 aromatic heterocycles. The van der Waals surface area contributed by atoms with Crippen molar-refractivity contribution < 1.29 is 9.90 Å². The fraction of sp³-hybridized carbons (Fsp3) is 0.562. The van der Waals surface area contributed by atoms with Crippen LogP contribution in [0.3, 0.4) is 0 Å². The standard InChI is InChI=1S/C16H23NO2S/c1-15(2,20-13-8-4-3-5-9-13)14(19)17-16(12-18)10-6-7-11-16/h3-5,8-9,18H,6-7,10-12H2,1-2H3,(H,17,19). The van der Waals surface area contributed by atoms with E-state index in [1.165, 1.54) is 0 Å². The van der Waals surface area contributed by atoms with Gasteiger partial charge in [0.15, 0.2) is 0 Å². The van der Waals surface area contributed by atoms with E-state index in [0.29, 0.717) is 0 Å². The molecule has 2 rings (SSSR count). The number of carbonyl (C=O) groups excluding carboxylic acids is 1. The largest absolute Gasteiger partial charge is 0.394 e. The van der Waals surface area contributed by atoms with Gasteiger partial charge in [0.05, 0.1) is 16.9 Å². The minimum absolute atomic E-state index is 0.00213. The summed E-state index contributed by atoms with van der Waals surface area (Å²) >= 11 is 1.55. The molecule has 3 nitrogen and oxygen atoms in total. The predicted molar refractivity (Wildman–Crippen MR) is 82.8 cm³/mol. The Kier molecular flexibility index (Phi) is 4.76. The summed E-state index contributed by atoms with van der Waals surface area (Å²) < 4.78 is -0.549. The van der Waals surface area contributed by atoms with Gasteiger partial charge in [-0.2, -0.15) is 0 Å². The highest BCUT2D eigenvalue weighted by atomic mass is 32.2. The molecular weight excluding hydrogens is 270 g/mol. The van der Waals surface area contributed by atoms with Gasteiger partial charge < -0.3 is 10.4 Å². The lowest BCUT2D eigenvalue weighted by atomic mass is 9.97. The quantitative estimate of drug-likeness (QED) is 0.821. The second kappa shape index (κ2) is 6.19. The summed E-state index contributed by atoms with van der Waals surface area (Å²) in [5.41, 5.74) is -0.397. The molecule has 1 aliphatic rings. The first kappa shape index (κ1) is 15.4. The number of nitrogens with one attached hydrogen (secondary N) is 1. The molecular formula is C16H23NO2S. The third-order valence-electron chi connectivity index (χ3n) is 3.91. The molecule has 2 N–H and O–H groups in total. The Morgan fingerprint density at radius 3 is 2.45 bits per heavy atom. The van der Waals surface area contributed by atoms with Crippen LogP contribution in [0.4, 0.5) is 0 Å². The van der Waals surface area contributed by atoms with Crippen LogP contribution in [-0.2, 0) is 4.79 Å². The summed E-state index contributed by atoms with van der Waals surface area (Å²) in [5.74, 6) is 0.00213. The number of aliphatic hydroxyl groups is 1. The molecule has 0 spiro atoms. The van der Waals surface area contributed by atoms with Gasteiger partial charge in [-0.25, -0.2) is 0 Å². The molecule has 1 aliphatic carbocycles. The summed E-state index contributed by atoms with van der Waals surface area (Å²) in [7, 11) is 0. The maximum absolute atomic E-state index is 12.5. The van der Waals surface area contributed by atoms with E-state index in [-0.39, 0.29) is 12.5 Å². The number of rotatable bonds is 5. The molecule has 0 unspecified atom stereocenters. The molecule has 0 heterocycles. The number of hydrogen-bond donors (Lipinski definition) is 2. The van der Waals surface area contributed by atoms with Crippen molar-refractivity contribution in [1.29, 1.82) is 0 Å². The summed E-state index contributed by atoms with van der Waals surface area (Å²) in [6.45, 7) is 3.89. The first-order chi connectivity index (χ1) is 9.47. The molecule has 1 fully saturated rings. The molecule has 1 amide bonds. The van der Waals surface area contributed by atoms with Crippen LogP contribution in [0, 0.1) is 0 Å². The number of thioether (sulfide) groups is 1. The van der Waals surface area contributed by atoms with Crippen molar-refractivity contribution >= 4 is 17.7 Å². The number of amides is 1. The van der Waals surface area contributed by atoms with Gasteiger partial charge in [0, 0.05) is 4.90 Å². The van der Waals surface area contributed by atoms with Crippen LogP contribution < -0.4 is 5.32 Å². The number of aliphatic hydroxyl groups excluding tert-OH is 1. The van der Waals surface area contributed by atoms with Crippen LogP contribution in [0.1, 0.15) is 39.5 Å². The van der Waals surface area contributed by atoms with Crippen molar-refractivity contribution in [1.82, 2.24) is 5.32 Å². The molecule has 0 aliphatic heterocycles. The lowest BCUT2D eigenvalue weighted by molar-refractivity contribution is -0.125. The minimum Gasteiger partial charge on any atom is -0.394 e. The summed E-state index contributed by atoms with van der Waals surface area (Å²) in [6, 6.07) is 9.94. The second-order valence-electron chi connectivity index (χ2n) is 6.03. The first-order valence-electron chi connectivity index (χ1n) is 7.15. The van der Waals surface area contributed by atoms with Crippen LogP contribution in [-0.4, -0.2) is 27.9 Å². The molecule has 20 heavy (non-hydrogen) atoms. The Morgan fingerprint density at radius 2 is 1.90 bits per heavy atom. The Labute approximate surface area is 125 Å². The van der Waals surface area contributed by atoms with E-state index in [0.717, 1.165) is 30.6 Å². The van der Waals surface area contributed by atoms with E-state index in [1.54, 1.807) is 11.8 Å². The van der Waals surface area contributed by atoms with Gasteiger partial charge in [0.1, 0.15) is 0 Å². The average molecular weight is 293 g/mol. The van der Waals surface area contributed by atoms with Crippen molar-refractivity contribution in [2.45, 2.75) is 54.7 Å². The third kappa shape index (κ3) is 3.55. The normalized spacial score (nSPS) is 17.9. The van der Waals surface area contributed by atoms with Crippen LogP contribution in [0.25, 0.3) is 0 Å². The van der Waals surface area contributed by atoms with Gasteiger partial charge in [-0.3, -0.25) is 4.79 Å². The van der Waals surface area contributed by atoms with E-state index in [4.69, 9.17) is 0 Å². The number of hydrogen-bond acceptors (Lipinski definition) is 3. The molecule has 1 saturated carbocycles. The maximum atomic E-state index is 12.5. The fourth-order valence-corrected chi connectivity index (χ4v) is 3.62. The van der Waals surface area contributed by atoms with E-state index >= 15 is 0 Å². The third-order valence-corrected chi connectivity index (χ3v) is 5.11. The highest BCUT2D eigenvalue weighted by Crippen LogP contribution is 2.35. The minimum atomic E-state index is -0.549. The van der Waals surface area contributed by atoms with Gasteiger partial charge in [0.25, 0.3) is 0 Å². The lowest BCUT2D eigenvalue weighted by Crippen LogP contribution is -2.54. The molecule has 1 aromatic carbocycles. The van der Waals surface area contributed by atoms with Gasteiger partial charge in [-0.15, -0.1) is 11.8 Å². The zero-order valence-corrected chi connectivity index (χ0v) is 13.0. The Balaban J connectivity index is 2.03. The van der Waals surface area contributed by atoms with Gasteiger partial charge in [0.2, 0.25) is 5.91 Å². The average Bonchev–Trinajstić information content (AvgIpc) is 2.88. The van der Waals surface area contributed by atoms with E-state index in [9.17, 15) is 9.90 Å². The van der Waals surface area contributed by atoms with Crippen molar-refractivity contribution in [2.75, 3.05) is 6.61 Å². The zero-order valence-electron chi connectivity index (χ0n) is 12.2. The molecule has 0 radical (unpaired) electrons. The summed E-state index contributed by atoms with van der Waals surface area (Å²) in [4.78, 5) is 13.6. The van der Waals surface area contributed by atoms with Crippen molar-refractivity contribution in [3.63, 3.8) is 0 Å². The fourth-order valence-electron chi connectivity index (χ4n) is 2.60. The maximum Gasteiger partial charge on any atom is 0.236 e. The Hall–Kier alpha value is -1.00. The van der Waals surface area contributed by atoms with E-state index in [1.807, 2.05) is 44.2 Å². The van der Waals surface area contributed by atoms with Gasteiger partial charge in [-0.05, 0) is 38.8 Å². The van der Waals surface area contributed by atoms with Gasteiger partial charge in [-0.1, -0.05) is 31.0 Å². The Bertz CT molecular complexity index is 453. The molecule has 1 aromatic rings. The van der Waals surface area contributed by atoms with Crippen LogP contribution >= 0.6 is 11.8 Å². The molecule has 0 bridgehead atoms. The van der Waals surface area contributed by atoms with Crippen LogP contribution in [0.5, 0.6) is 0 Å². The van der Waals surface area contributed by atoms with Gasteiger partial charge >= 0.3 is 0 Å². The van der Waals surface area contributed by atoms with Crippen molar-refractivity contribution in [3.8, 4) is 0 Å². The zero-order chi connectivity index (χ0) is 14.6. The monoisotopic (exact) mass is 293 g/mol. The lowest BCUT2D eigenvalue weighted by Gasteiger charge is -2.33. The van der Waals surface area contributed by atoms with Crippen molar-refractivity contribution in [2.24, 2.45) is 0 Å². The van der Waals surface area contributed by atoms with E-state index in [2.05, 4.69) is 5.32 Å². The molecule has 0 saturated heterocycles. The van der Waals surface area contributed by atoms with Crippen LogP contribution in [0.2, 0.25) is 0 Å². The van der Waals surface area contributed by atoms with E-state index < -0.39 is 10.3 Å². The van der Waals surface area contributed by atoms with Crippen molar-refractivity contribution in [3.05, 3.63) is 30.3 Å². The Morgan fingerprint density at radius 1 is 1.30 bits per heavy atom. The number of benzene rings is 1.